The summed E-state index contributed by atoms with van der Waals surface area (Å²) in [6.45, 7) is 2.39. The van der Waals surface area contributed by atoms with Gasteiger partial charge >= 0.3 is 0 Å². The number of H-pyrrole nitrogens is 1. The number of aryl methyl sites for hydroxylation is 1. The molecule has 1 unspecified atom stereocenters. The molecule has 1 aliphatic heterocycles. The first-order valence-electron chi connectivity index (χ1n) is 6.02. The van der Waals surface area contributed by atoms with Crippen LogP contribution in [-0.4, -0.2) is 34.6 Å². The van der Waals surface area contributed by atoms with Crippen molar-refractivity contribution in [3.63, 3.8) is 0 Å². The van der Waals surface area contributed by atoms with E-state index in [0.29, 0.717) is 31.5 Å². The summed E-state index contributed by atoms with van der Waals surface area (Å²) in [6.07, 6.45) is 1.77. The minimum atomic E-state index is -0.301. The predicted molar refractivity (Wildman–Crippen MR) is 65.9 cm³/mol. The molecule has 2 heterocycles. The van der Waals surface area contributed by atoms with Crippen LogP contribution >= 0.6 is 0 Å². The minimum Gasteiger partial charge on any atom is -0.395 e. The molecule has 7 heteroatoms. The van der Waals surface area contributed by atoms with Gasteiger partial charge in [-0.3, -0.25) is 14.7 Å². The molecule has 2 rings (SSSR count). The summed E-state index contributed by atoms with van der Waals surface area (Å²) in [5, 5.41) is 12.2. The van der Waals surface area contributed by atoms with E-state index in [2.05, 4.69) is 20.8 Å². The van der Waals surface area contributed by atoms with Crippen molar-refractivity contribution in [2.24, 2.45) is 0 Å². The lowest BCUT2D eigenvalue weighted by atomic mass is 10.1. The molecule has 1 saturated heterocycles. The molecule has 0 saturated carbocycles. The highest BCUT2D eigenvalue weighted by atomic mass is 16.2. The second-order valence-electron chi connectivity index (χ2n) is 4.33. The summed E-state index contributed by atoms with van der Waals surface area (Å²) >= 11 is 0. The fourth-order valence-electron chi connectivity index (χ4n) is 1.94. The van der Waals surface area contributed by atoms with Crippen molar-refractivity contribution < 1.29 is 9.59 Å². The number of carbonyl (C=O) groups excluding carboxylic acids is 2. The SMILES string of the molecule is CCc1[nH]nc(C(=O)NC2CCC(=O)NC2)c1N. The monoisotopic (exact) mass is 251 g/mol. The van der Waals surface area contributed by atoms with Crippen molar-refractivity contribution in [1.29, 1.82) is 0 Å². The van der Waals surface area contributed by atoms with Crippen molar-refractivity contribution in [3.05, 3.63) is 11.4 Å². The van der Waals surface area contributed by atoms with Gasteiger partial charge in [0.2, 0.25) is 5.91 Å². The number of aromatic amines is 1. The summed E-state index contributed by atoms with van der Waals surface area (Å²) in [6, 6.07) is -0.0589. The highest BCUT2D eigenvalue weighted by molar-refractivity contribution is 5.97. The van der Waals surface area contributed by atoms with Crippen LogP contribution in [-0.2, 0) is 11.2 Å². The normalized spacial score (nSPS) is 19.4. The average molecular weight is 251 g/mol. The number of hydrogen-bond acceptors (Lipinski definition) is 4. The number of piperidine rings is 1. The van der Waals surface area contributed by atoms with Gasteiger partial charge in [0.05, 0.1) is 11.4 Å². The molecule has 7 nitrogen and oxygen atoms in total. The lowest BCUT2D eigenvalue weighted by Crippen LogP contribution is -2.47. The Hall–Kier alpha value is -2.05. The van der Waals surface area contributed by atoms with Gasteiger partial charge in [-0.1, -0.05) is 6.92 Å². The number of rotatable bonds is 3. The van der Waals surface area contributed by atoms with Gasteiger partial charge in [-0.2, -0.15) is 5.10 Å². The van der Waals surface area contributed by atoms with Gasteiger partial charge < -0.3 is 16.4 Å². The Morgan fingerprint density at radius 2 is 2.39 bits per heavy atom. The molecule has 0 aliphatic carbocycles. The number of amides is 2. The van der Waals surface area contributed by atoms with Crippen LogP contribution in [0.25, 0.3) is 0 Å². The summed E-state index contributed by atoms with van der Waals surface area (Å²) in [5.41, 5.74) is 7.20. The second-order valence-corrected chi connectivity index (χ2v) is 4.33. The van der Waals surface area contributed by atoms with Crippen molar-refractivity contribution in [2.75, 3.05) is 12.3 Å². The molecule has 1 aliphatic rings. The van der Waals surface area contributed by atoms with Gasteiger partial charge in [-0.25, -0.2) is 0 Å². The first-order valence-corrected chi connectivity index (χ1v) is 6.02. The van der Waals surface area contributed by atoms with Crippen molar-refractivity contribution in [2.45, 2.75) is 32.2 Å². The Morgan fingerprint density at radius 3 is 2.94 bits per heavy atom. The molecular formula is C11H17N5O2. The zero-order valence-electron chi connectivity index (χ0n) is 10.2. The van der Waals surface area contributed by atoms with Gasteiger partial charge in [0.1, 0.15) is 0 Å². The van der Waals surface area contributed by atoms with Crippen LogP contribution in [0.2, 0.25) is 0 Å². The van der Waals surface area contributed by atoms with Gasteiger partial charge in [0.25, 0.3) is 5.91 Å². The van der Waals surface area contributed by atoms with E-state index < -0.39 is 0 Å². The van der Waals surface area contributed by atoms with Crippen molar-refractivity contribution in [1.82, 2.24) is 20.8 Å². The minimum absolute atomic E-state index is 0.0213. The Bertz CT molecular complexity index is 458. The number of carbonyl (C=O) groups is 2. The molecule has 0 bridgehead atoms. The molecule has 98 valence electrons. The molecular weight excluding hydrogens is 234 g/mol. The topological polar surface area (TPSA) is 113 Å². The van der Waals surface area contributed by atoms with Crippen molar-refractivity contribution in [3.8, 4) is 0 Å². The Balaban J connectivity index is 1.99. The maximum atomic E-state index is 12.0. The quantitative estimate of drug-likeness (QED) is 0.583. The molecule has 1 atom stereocenters. The lowest BCUT2D eigenvalue weighted by Gasteiger charge is -2.23. The van der Waals surface area contributed by atoms with Crippen LogP contribution in [0.4, 0.5) is 5.69 Å². The van der Waals surface area contributed by atoms with E-state index in [1.807, 2.05) is 6.92 Å². The zero-order chi connectivity index (χ0) is 13.1. The fourth-order valence-corrected chi connectivity index (χ4v) is 1.94. The van der Waals surface area contributed by atoms with E-state index in [1.165, 1.54) is 0 Å². The largest absolute Gasteiger partial charge is 0.395 e. The van der Waals surface area contributed by atoms with Gasteiger partial charge in [0, 0.05) is 19.0 Å². The maximum absolute atomic E-state index is 12.0. The molecule has 1 aromatic rings. The molecule has 1 fully saturated rings. The number of nitrogens with one attached hydrogen (secondary N) is 3. The third-order valence-electron chi connectivity index (χ3n) is 3.05. The van der Waals surface area contributed by atoms with E-state index in [9.17, 15) is 9.59 Å². The van der Waals surface area contributed by atoms with E-state index in [4.69, 9.17) is 5.73 Å². The second kappa shape index (κ2) is 5.07. The molecule has 0 aromatic carbocycles. The van der Waals surface area contributed by atoms with E-state index >= 15 is 0 Å². The molecule has 2 amide bonds. The van der Waals surface area contributed by atoms with Crippen LogP contribution in [0, 0.1) is 0 Å². The predicted octanol–water partition coefficient (Wildman–Crippen LogP) is -0.437. The number of anilines is 1. The van der Waals surface area contributed by atoms with Crippen LogP contribution in [0.15, 0.2) is 0 Å². The zero-order valence-corrected chi connectivity index (χ0v) is 10.2. The maximum Gasteiger partial charge on any atom is 0.274 e. The molecule has 0 radical (unpaired) electrons. The fraction of sp³-hybridized carbons (Fsp3) is 0.545. The lowest BCUT2D eigenvalue weighted by molar-refractivity contribution is -0.122. The molecule has 1 aromatic heterocycles. The first kappa shape index (κ1) is 12.4. The van der Waals surface area contributed by atoms with Gasteiger partial charge in [0.15, 0.2) is 5.69 Å². The summed E-state index contributed by atoms with van der Waals surface area (Å²) in [5.74, 6) is -0.280. The average Bonchev–Trinajstić information content (AvgIpc) is 2.73. The number of nitrogens with two attached hydrogens (primary N) is 1. The third kappa shape index (κ3) is 2.44. The Morgan fingerprint density at radius 1 is 1.61 bits per heavy atom. The first-order chi connectivity index (χ1) is 8.61. The van der Waals surface area contributed by atoms with E-state index in [0.717, 1.165) is 5.69 Å². The number of nitrogens with zero attached hydrogens (tertiary/aromatic N) is 1. The summed E-state index contributed by atoms with van der Waals surface area (Å²) < 4.78 is 0. The molecule has 5 N–H and O–H groups in total. The molecule has 0 spiro atoms. The van der Waals surface area contributed by atoms with Crippen LogP contribution in [0.1, 0.15) is 35.9 Å². The standard InChI is InChI=1S/C11H17N5O2/c1-2-7-9(12)10(16-15-7)11(18)14-6-3-4-8(17)13-5-6/h6H,2-5,12H2,1H3,(H,13,17)(H,14,18)(H,15,16). The van der Waals surface area contributed by atoms with Crippen LogP contribution < -0.4 is 16.4 Å². The van der Waals surface area contributed by atoms with Crippen molar-refractivity contribution >= 4 is 17.5 Å². The molecule has 18 heavy (non-hydrogen) atoms. The highest BCUT2D eigenvalue weighted by Crippen LogP contribution is 2.14. The number of aromatic nitrogens is 2. The van der Waals surface area contributed by atoms with Gasteiger partial charge in [-0.05, 0) is 12.8 Å². The smallest absolute Gasteiger partial charge is 0.274 e. The van der Waals surface area contributed by atoms with Gasteiger partial charge in [-0.15, -0.1) is 0 Å². The number of nitrogen functional groups attached to an aromatic ring is 1. The van der Waals surface area contributed by atoms with Crippen LogP contribution in [0.5, 0.6) is 0 Å². The highest BCUT2D eigenvalue weighted by Gasteiger charge is 2.23. The summed E-state index contributed by atoms with van der Waals surface area (Å²) in [4.78, 5) is 23.0. The number of hydrogen-bond donors (Lipinski definition) is 4. The summed E-state index contributed by atoms with van der Waals surface area (Å²) in [7, 11) is 0. The van der Waals surface area contributed by atoms with E-state index in [1.54, 1.807) is 0 Å². The van der Waals surface area contributed by atoms with E-state index in [-0.39, 0.29) is 23.6 Å². The Kier molecular flexibility index (Phi) is 3.50. The Labute approximate surface area is 105 Å². The third-order valence-corrected chi connectivity index (χ3v) is 3.05. The van der Waals surface area contributed by atoms with Crippen LogP contribution in [0.3, 0.4) is 0 Å².